The zero-order chi connectivity index (χ0) is 13.2. The highest BCUT2D eigenvalue weighted by Crippen LogP contribution is 2.23. The lowest BCUT2D eigenvalue weighted by atomic mass is 10.0. The number of benzene rings is 1. The third-order valence-corrected chi connectivity index (χ3v) is 6.07. The monoisotopic (exact) mass is 287 g/mol. The van der Waals surface area contributed by atoms with Crippen molar-refractivity contribution in [1.29, 1.82) is 0 Å². The van der Waals surface area contributed by atoms with Gasteiger partial charge in [-0.05, 0) is 37.0 Å². The molecule has 1 aliphatic heterocycles. The average molecular weight is 288 g/mol. The van der Waals surface area contributed by atoms with E-state index in [-0.39, 0.29) is 11.8 Å². The Kier molecular flexibility index (Phi) is 4.30. The fraction of sp³-hybridized carbons (Fsp3) is 0.538. The quantitative estimate of drug-likeness (QED) is 0.927. The van der Waals surface area contributed by atoms with Gasteiger partial charge in [-0.25, -0.2) is 8.42 Å². The molecule has 0 saturated carbocycles. The number of nitrogens with two attached hydrogens (primary N) is 1. The van der Waals surface area contributed by atoms with E-state index in [1.807, 2.05) is 18.2 Å². The second-order valence-electron chi connectivity index (χ2n) is 4.90. The predicted molar refractivity (Wildman–Crippen MR) is 74.6 cm³/mol. The molecule has 1 aliphatic rings. The van der Waals surface area contributed by atoms with Crippen LogP contribution in [-0.2, 0) is 16.3 Å². The summed E-state index contributed by atoms with van der Waals surface area (Å²) in [4.78, 5) is 0. The lowest BCUT2D eigenvalue weighted by molar-refractivity contribution is 0.495. The molecule has 2 atom stereocenters. The largest absolute Gasteiger partial charge is 0.326 e. The molecule has 2 unspecified atom stereocenters. The summed E-state index contributed by atoms with van der Waals surface area (Å²) in [5.41, 5.74) is 7.08. The number of hydrogen-bond acceptors (Lipinski definition) is 3. The van der Waals surface area contributed by atoms with Crippen LogP contribution in [0, 0.1) is 0 Å². The van der Waals surface area contributed by atoms with Gasteiger partial charge in [0.2, 0.25) is 0 Å². The summed E-state index contributed by atoms with van der Waals surface area (Å²) in [6.07, 6.45) is 2.96. The smallest absolute Gasteiger partial charge is 0.154 e. The van der Waals surface area contributed by atoms with Crippen molar-refractivity contribution in [3.63, 3.8) is 0 Å². The summed E-state index contributed by atoms with van der Waals surface area (Å²) in [7, 11) is -3.01. The summed E-state index contributed by atoms with van der Waals surface area (Å²) in [5.74, 6) is 0.279. The van der Waals surface area contributed by atoms with Crippen LogP contribution in [0.1, 0.15) is 24.8 Å². The SMILES string of the molecule is NC(Cc1cccc(Cl)c1)C1CCCCS1(=O)=O. The first-order valence-corrected chi connectivity index (χ1v) is 8.30. The summed E-state index contributed by atoms with van der Waals surface area (Å²) in [6, 6.07) is 7.10. The summed E-state index contributed by atoms with van der Waals surface area (Å²) in [5, 5.41) is 0.261. The Morgan fingerprint density at radius 1 is 1.39 bits per heavy atom. The molecule has 1 aromatic carbocycles. The molecule has 0 bridgehead atoms. The summed E-state index contributed by atoms with van der Waals surface area (Å²) < 4.78 is 23.9. The number of hydrogen-bond donors (Lipinski definition) is 1. The average Bonchev–Trinajstić information content (AvgIpc) is 2.28. The minimum atomic E-state index is -3.01. The van der Waals surface area contributed by atoms with Gasteiger partial charge in [-0.15, -0.1) is 0 Å². The van der Waals surface area contributed by atoms with Gasteiger partial charge in [0, 0.05) is 11.1 Å². The fourth-order valence-electron chi connectivity index (χ4n) is 2.53. The molecule has 100 valence electrons. The topological polar surface area (TPSA) is 60.2 Å². The van der Waals surface area contributed by atoms with E-state index in [0.717, 1.165) is 18.4 Å². The first kappa shape index (κ1) is 13.8. The Bertz CT molecular complexity index is 515. The molecule has 1 heterocycles. The van der Waals surface area contributed by atoms with E-state index in [9.17, 15) is 8.42 Å². The molecule has 1 aromatic rings. The van der Waals surface area contributed by atoms with E-state index in [1.54, 1.807) is 6.07 Å². The van der Waals surface area contributed by atoms with E-state index in [1.165, 1.54) is 0 Å². The molecule has 5 heteroatoms. The van der Waals surface area contributed by atoms with Crippen LogP contribution in [0.25, 0.3) is 0 Å². The second-order valence-corrected chi connectivity index (χ2v) is 7.68. The van der Waals surface area contributed by atoms with Crippen LogP contribution in [0.3, 0.4) is 0 Å². The Labute approximate surface area is 113 Å². The van der Waals surface area contributed by atoms with Gasteiger partial charge in [0.1, 0.15) is 0 Å². The molecular weight excluding hydrogens is 270 g/mol. The lowest BCUT2D eigenvalue weighted by Gasteiger charge is -2.27. The number of sulfone groups is 1. The minimum Gasteiger partial charge on any atom is -0.326 e. The molecular formula is C13H18ClNO2S. The maximum absolute atomic E-state index is 12.0. The van der Waals surface area contributed by atoms with Gasteiger partial charge < -0.3 is 5.73 Å². The van der Waals surface area contributed by atoms with Crippen LogP contribution in [0.2, 0.25) is 5.02 Å². The first-order chi connectivity index (χ1) is 8.49. The molecule has 18 heavy (non-hydrogen) atoms. The molecule has 1 fully saturated rings. The molecule has 0 aromatic heterocycles. The van der Waals surface area contributed by atoms with Gasteiger partial charge in [0.15, 0.2) is 9.84 Å². The van der Waals surface area contributed by atoms with Crippen LogP contribution in [0.4, 0.5) is 0 Å². The van der Waals surface area contributed by atoms with Crippen LogP contribution in [-0.4, -0.2) is 25.5 Å². The van der Waals surface area contributed by atoms with Gasteiger partial charge in [0.25, 0.3) is 0 Å². The first-order valence-electron chi connectivity index (χ1n) is 6.20. The normalized spacial score (nSPS) is 24.7. The van der Waals surface area contributed by atoms with Crippen molar-refractivity contribution in [2.45, 2.75) is 37.0 Å². The van der Waals surface area contributed by atoms with E-state index in [0.29, 0.717) is 17.9 Å². The van der Waals surface area contributed by atoms with Crippen molar-refractivity contribution in [1.82, 2.24) is 0 Å². The Hall–Kier alpha value is -0.580. The standard InChI is InChI=1S/C13H18ClNO2S/c14-11-5-3-4-10(8-11)9-12(15)13-6-1-2-7-18(13,16)17/h3-5,8,12-13H,1-2,6-7,9,15H2. The third-order valence-electron chi connectivity index (χ3n) is 3.47. The molecule has 2 N–H and O–H groups in total. The van der Waals surface area contributed by atoms with E-state index in [2.05, 4.69) is 0 Å². The predicted octanol–water partition coefficient (Wildman–Crippen LogP) is 2.18. The van der Waals surface area contributed by atoms with Crippen molar-refractivity contribution >= 4 is 21.4 Å². The van der Waals surface area contributed by atoms with E-state index >= 15 is 0 Å². The van der Waals surface area contributed by atoms with Crippen LogP contribution < -0.4 is 5.73 Å². The van der Waals surface area contributed by atoms with Crippen LogP contribution >= 0.6 is 11.6 Å². The Balaban J connectivity index is 2.09. The fourth-order valence-corrected chi connectivity index (χ4v) is 4.80. The maximum Gasteiger partial charge on any atom is 0.154 e. The highest BCUT2D eigenvalue weighted by Gasteiger charge is 2.33. The zero-order valence-electron chi connectivity index (χ0n) is 10.2. The van der Waals surface area contributed by atoms with E-state index < -0.39 is 15.1 Å². The van der Waals surface area contributed by atoms with Crippen molar-refractivity contribution in [3.05, 3.63) is 34.9 Å². The van der Waals surface area contributed by atoms with Gasteiger partial charge in [-0.2, -0.15) is 0 Å². The minimum absolute atomic E-state index is 0.279. The molecule has 1 saturated heterocycles. The third kappa shape index (κ3) is 3.25. The Morgan fingerprint density at radius 3 is 2.83 bits per heavy atom. The van der Waals surface area contributed by atoms with Crippen LogP contribution in [0.5, 0.6) is 0 Å². The highest BCUT2D eigenvalue weighted by atomic mass is 35.5. The molecule has 3 nitrogen and oxygen atoms in total. The summed E-state index contributed by atoms with van der Waals surface area (Å²) >= 11 is 5.91. The van der Waals surface area contributed by atoms with E-state index in [4.69, 9.17) is 17.3 Å². The maximum atomic E-state index is 12.0. The molecule has 0 amide bonds. The molecule has 2 rings (SSSR count). The van der Waals surface area contributed by atoms with Gasteiger partial charge in [-0.3, -0.25) is 0 Å². The summed E-state index contributed by atoms with van der Waals surface area (Å²) in [6.45, 7) is 0. The Morgan fingerprint density at radius 2 is 2.17 bits per heavy atom. The van der Waals surface area contributed by atoms with Crippen molar-refractivity contribution in [2.24, 2.45) is 5.73 Å². The second kappa shape index (κ2) is 5.59. The highest BCUT2D eigenvalue weighted by molar-refractivity contribution is 7.92. The van der Waals surface area contributed by atoms with Gasteiger partial charge >= 0.3 is 0 Å². The van der Waals surface area contributed by atoms with Crippen molar-refractivity contribution in [3.8, 4) is 0 Å². The zero-order valence-corrected chi connectivity index (χ0v) is 11.8. The number of rotatable bonds is 3. The van der Waals surface area contributed by atoms with Crippen molar-refractivity contribution in [2.75, 3.05) is 5.75 Å². The molecule has 0 aliphatic carbocycles. The van der Waals surface area contributed by atoms with Crippen LogP contribution in [0.15, 0.2) is 24.3 Å². The number of halogens is 1. The van der Waals surface area contributed by atoms with Crippen molar-refractivity contribution < 1.29 is 8.42 Å². The lowest BCUT2D eigenvalue weighted by Crippen LogP contribution is -2.44. The van der Waals surface area contributed by atoms with Gasteiger partial charge in [-0.1, -0.05) is 30.2 Å². The molecule has 0 spiro atoms. The van der Waals surface area contributed by atoms with Gasteiger partial charge in [0.05, 0.1) is 11.0 Å². The molecule has 0 radical (unpaired) electrons.